The number of anilines is 2. The van der Waals surface area contributed by atoms with Gasteiger partial charge in [-0.3, -0.25) is 4.79 Å². The summed E-state index contributed by atoms with van der Waals surface area (Å²) in [6.45, 7) is 12.3. The number of nitrogens with one attached hydrogen (secondary N) is 2. The number of rotatable bonds is 2. The van der Waals surface area contributed by atoms with Crippen molar-refractivity contribution in [2.45, 2.75) is 33.9 Å². The topological polar surface area (TPSA) is 56.8 Å². The van der Waals surface area contributed by atoms with E-state index in [0.29, 0.717) is 5.56 Å². The molecule has 1 amide bonds. The standard InChI is InChI=1S/C19H22N4O.C4H8.C2H6O.C2H6/c1-22-10-12-23(13-11-22)15-8-6-14(7-9-15)18-20-17-5-3-2-4-16(17)19(24)21-18;1-3-4-2;1-3-2;1-2/h2-9,18,20H,10-13H2,1H3,(H,21,24);3-4H,1-2H3;1-2H3;1-2H3/b;4-3-;;. The number of hydrogen-bond donors (Lipinski definition) is 2. The summed E-state index contributed by atoms with van der Waals surface area (Å²) in [7, 11) is 5.41. The second kappa shape index (κ2) is 15.9. The zero-order chi connectivity index (χ0) is 24.6. The van der Waals surface area contributed by atoms with Gasteiger partial charge in [0.05, 0.1) is 5.56 Å². The number of benzene rings is 2. The first kappa shape index (κ1) is 28.2. The highest BCUT2D eigenvalue weighted by molar-refractivity contribution is 6.01. The summed E-state index contributed by atoms with van der Waals surface area (Å²) in [6.07, 6.45) is 3.81. The fraction of sp³-hybridized carbons (Fsp3) is 0.444. The van der Waals surface area contributed by atoms with Crippen molar-refractivity contribution in [1.29, 1.82) is 0 Å². The third kappa shape index (κ3) is 8.91. The van der Waals surface area contributed by atoms with Gasteiger partial charge in [-0.1, -0.05) is 50.3 Å². The largest absolute Gasteiger partial charge is 0.388 e. The molecular weight excluding hydrogens is 412 g/mol. The van der Waals surface area contributed by atoms with Crippen LogP contribution in [0.4, 0.5) is 11.4 Å². The predicted molar refractivity (Wildman–Crippen MR) is 141 cm³/mol. The molecule has 2 aromatic rings. The van der Waals surface area contributed by atoms with E-state index in [2.05, 4.69) is 56.5 Å². The third-order valence-electron chi connectivity index (χ3n) is 5.18. The van der Waals surface area contributed by atoms with Gasteiger partial charge in [0.15, 0.2) is 0 Å². The molecule has 0 spiro atoms. The minimum atomic E-state index is -0.186. The molecule has 0 saturated carbocycles. The van der Waals surface area contributed by atoms with Gasteiger partial charge in [-0.15, -0.1) is 0 Å². The quantitative estimate of drug-likeness (QED) is 0.614. The molecule has 2 heterocycles. The summed E-state index contributed by atoms with van der Waals surface area (Å²) in [5.74, 6) is -0.0301. The van der Waals surface area contributed by atoms with Gasteiger partial charge < -0.3 is 25.2 Å². The van der Waals surface area contributed by atoms with E-state index < -0.39 is 0 Å². The Labute approximate surface area is 200 Å². The molecule has 182 valence electrons. The number of carbonyl (C=O) groups excluding carboxylic acids is 1. The Morgan fingerprint density at radius 1 is 0.879 bits per heavy atom. The van der Waals surface area contributed by atoms with Crippen molar-refractivity contribution in [2.24, 2.45) is 0 Å². The van der Waals surface area contributed by atoms with Gasteiger partial charge in [-0.2, -0.15) is 0 Å². The first-order valence-electron chi connectivity index (χ1n) is 11.7. The molecule has 1 unspecified atom stereocenters. The van der Waals surface area contributed by atoms with E-state index in [-0.39, 0.29) is 12.1 Å². The number of carbonyl (C=O) groups is 1. The lowest BCUT2D eigenvalue weighted by Crippen LogP contribution is -2.44. The van der Waals surface area contributed by atoms with Crippen LogP contribution in [0.5, 0.6) is 0 Å². The zero-order valence-corrected chi connectivity index (χ0v) is 21.4. The van der Waals surface area contributed by atoms with Gasteiger partial charge >= 0.3 is 0 Å². The van der Waals surface area contributed by atoms with Crippen molar-refractivity contribution in [2.75, 3.05) is 57.7 Å². The lowest BCUT2D eigenvalue weighted by molar-refractivity contribution is 0.0935. The van der Waals surface area contributed by atoms with Crippen LogP contribution in [0, 0.1) is 0 Å². The van der Waals surface area contributed by atoms with Crippen molar-refractivity contribution in [3.8, 4) is 0 Å². The number of fused-ring (bicyclic) bond motifs is 1. The Hall–Kier alpha value is -2.83. The minimum absolute atomic E-state index is 0.0301. The van der Waals surface area contributed by atoms with Crippen LogP contribution >= 0.6 is 0 Å². The maximum absolute atomic E-state index is 12.3. The Balaban J connectivity index is 0.000000528. The average Bonchev–Trinajstić information content (AvgIpc) is 2.86. The van der Waals surface area contributed by atoms with E-state index in [1.807, 2.05) is 64.1 Å². The van der Waals surface area contributed by atoms with Crippen molar-refractivity contribution in [3.63, 3.8) is 0 Å². The van der Waals surface area contributed by atoms with E-state index in [1.54, 1.807) is 14.2 Å². The second-order valence-corrected chi connectivity index (χ2v) is 7.55. The van der Waals surface area contributed by atoms with E-state index in [4.69, 9.17) is 0 Å². The number of ether oxygens (including phenoxy) is 1. The fourth-order valence-electron chi connectivity index (χ4n) is 3.32. The van der Waals surface area contributed by atoms with Gasteiger partial charge in [0.1, 0.15) is 6.17 Å². The van der Waals surface area contributed by atoms with Crippen LogP contribution < -0.4 is 15.5 Å². The molecule has 1 saturated heterocycles. The number of methoxy groups -OCH3 is 1. The summed E-state index contributed by atoms with van der Waals surface area (Å²) >= 11 is 0. The Bertz CT molecular complexity index is 824. The maximum atomic E-state index is 12.3. The van der Waals surface area contributed by atoms with Crippen molar-refractivity contribution in [3.05, 3.63) is 71.8 Å². The Morgan fingerprint density at radius 2 is 1.42 bits per heavy atom. The van der Waals surface area contributed by atoms with Gasteiger partial charge in [0, 0.05) is 51.8 Å². The first-order valence-corrected chi connectivity index (χ1v) is 11.7. The number of para-hydroxylation sites is 1. The summed E-state index contributed by atoms with van der Waals surface area (Å²) in [4.78, 5) is 17.0. The van der Waals surface area contributed by atoms with E-state index in [1.165, 1.54) is 5.69 Å². The highest BCUT2D eigenvalue weighted by atomic mass is 16.4. The van der Waals surface area contributed by atoms with Crippen LogP contribution in [0.2, 0.25) is 0 Å². The molecule has 33 heavy (non-hydrogen) atoms. The van der Waals surface area contributed by atoms with Crippen LogP contribution in [-0.4, -0.2) is 58.3 Å². The predicted octanol–water partition coefficient (Wildman–Crippen LogP) is 5.16. The molecule has 1 atom stereocenters. The maximum Gasteiger partial charge on any atom is 0.255 e. The molecule has 0 bridgehead atoms. The molecule has 0 aromatic heterocycles. The van der Waals surface area contributed by atoms with Crippen LogP contribution in [0.3, 0.4) is 0 Å². The monoisotopic (exact) mass is 454 g/mol. The molecular formula is C27H42N4O2. The molecule has 2 aliphatic rings. The summed E-state index contributed by atoms with van der Waals surface area (Å²) in [6, 6.07) is 16.1. The first-order chi connectivity index (χ1) is 16.0. The molecule has 2 aromatic carbocycles. The molecule has 0 radical (unpaired) electrons. The summed E-state index contributed by atoms with van der Waals surface area (Å²) in [5.41, 5.74) is 3.89. The molecule has 4 rings (SSSR count). The summed E-state index contributed by atoms with van der Waals surface area (Å²) < 4.78 is 4.25. The van der Waals surface area contributed by atoms with Crippen molar-refractivity contribution in [1.82, 2.24) is 10.2 Å². The molecule has 1 fully saturated rings. The molecule has 0 aliphatic carbocycles. The van der Waals surface area contributed by atoms with E-state index >= 15 is 0 Å². The number of nitrogens with zero attached hydrogens (tertiary/aromatic N) is 2. The lowest BCUT2D eigenvalue weighted by atomic mass is 10.1. The lowest BCUT2D eigenvalue weighted by Gasteiger charge is -2.34. The number of amides is 1. The Morgan fingerprint density at radius 3 is 1.97 bits per heavy atom. The molecule has 2 aliphatic heterocycles. The average molecular weight is 455 g/mol. The van der Waals surface area contributed by atoms with Gasteiger partial charge in [0.25, 0.3) is 5.91 Å². The highest BCUT2D eigenvalue weighted by Gasteiger charge is 2.24. The van der Waals surface area contributed by atoms with Crippen LogP contribution in [0.25, 0.3) is 0 Å². The third-order valence-corrected chi connectivity index (χ3v) is 5.18. The second-order valence-electron chi connectivity index (χ2n) is 7.55. The number of allylic oxidation sites excluding steroid dienone is 2. The minimum Gasteiger partial charge on any atom is -0.388 e. The van der Waals surface area contributed by atoms with Crippen molar-refractivity contribution >= 4 is 17.3 Å². The van der Waals surface area contributed by atoms with Crippen molar-refractivity contribution < 1.29 is 9.53 Å². The number of likely N-dealkylation sites (N-methyl/N-ethyl adjacent to an activating group) is 1. The number of hydrogen-bond acceptors (Lipinski definition) is 5. The van der Waals surface area contributed by atoms with Gasteiger partial charge in [0.2, 0.25) is 0 Å². The molecule has 2 N–H and O–H groups in total. The Kier molecular flexibility index (Phi) is 13.6. The summed E-state index contributed by atoms with van der Waals surface area (Å²) in [5, 5.41) is 6.42. The smallest absolute Gasteiger partial charge is 0.255 e. The van der Waals surface area contributed by atoms with Crippen LogP contribution in [-0.2, 0) is 4.74 Å². The zero-order valence-electron chi connectivity index (χ0n) is 21.4. The van der Waals surface area contributed by atoms with Gasteiger partial charge in [-0.05, 0) is 50.7 Å². The van der Waals surface area contributed by atoms with Crippen LogP contribution in [0.1, 0.15) is 49.8 Å². The van der Waals surface area contributed by atoms with Crippen LogP contribution in [0.15, 0.2) is 60.7 Å². The normalized spacial score (nSPS) is 17.1. The highest BCUT2D eigenvalue weighted by Crippen LogP contribution is 2.27. The van der Waals surface area contributed by atoms with Gasteiger partial charge in [-0.25, -0.2) is 0 Å². The molecule has 6 heteroatoms. The SMILES string of the molecule is C/C=C\C.CC.CN1CCN(c2ccc(C3NC(=O)c4ccccc4N3)cc2)CC1.COC. The van der Waals surface area contributed by atoms with E-state index in [9.17, 15) is 4.79 Å². The number of piperazine rings is 1. The fourth-order valence-corrected chi connectivity index (χ4v) is 3.32. The van der Waals surface area contributed by atoms with E-state index in [0.717, 1.165) is 37.4 Å². The molecule has 6 nitrogen and oxygen atoms in total.